The summed E-state index contributed by atoms with van der Waals surface area (Å²) in [6.07, 6.45) is 10.5. The summed E-state index contributed by atoms with van der Waals surface area (Å²) in [5, 5.41) is 6.84. The number of primary amides is 1. The number of thiophene rings is 1. The van der Waals surface area contributed by atoms with Crippen LogP contribution in [0.4, 0.5) is 0 Å². The molecule has 3 aliphatic heterocycles. The Morgan fingerprint density at radius 2 is 1.75 bits per heavy atom. The van der Waals surface area contributed by atoms with Crippen molar-refractivity contribution in [3.63, 3.8) is 0 Å². The minimum absolute atomic E-state index is 0.0179. The summed E-state index contributed by atoms with van der Waals surface area (Å²) in [5.41, 5.74) is 12.5. The van der Waals surface area contributed by atoms with Crippen LogP contribution in [0.25, 0.3) is 0 Å². The van der Waals surface area contributed by atoms with Crippen LogP contribution < -0.4 is 22.1 Å². The fourth-order valence-corrected chi connectivity index (χ4v) is 8.97. The van der Waals surface area contributed by atoms with Crippen LogP contribution in [0.15, 0.2) is 47.5 Å². The van der Waals surface area contributed by atoms with Crippen LogP contribution >= 0.6 is 11.3 Å². The van der Waals surface area contributed by atoms with Gasteiger partial charge in [-0.3, -0.25) is 14.4 Å². The lowest BCUT2D eigenvalue weighted by Crippen LogP contribution is -2.64. The predicted octanol–water partition coefficient (Wildman–Crippen LogP) is 3.62. The van der Waals surface area contributed by atoms with Gasteiger partial charge < -0.3 is 41.5 Å². The number of hydrogen-bond donors (Lipinski definition) is 4. The molecule has 4 heterocycles. The van der Waals surface area contributed by atoms with Gasteiger partial charge in [-0.15, -0.1) is 11.3 Å². The van der Waals surface area contributed by atoms with Crippen molar-refractivity contribution in [3.05, 3.63) is 57.8 Å². The number of piperazine rings is 1. The van der Waals surface area contributed by atoms with Gasteiger partial charge in [0.15, 0.2) is 0 Å². The summed E-state index contributed by atoms with van der Waals surface area (Å²) in [6, 6.07) is 13.1. The molecular formula is C39H58N8O4S. The Balaban J connectivity index is 1.17. The summed E-state index contributed by atoms with van der Waals surface area (Å²) in [7, 11) is 0. The number of likely N-dealkylation sites (tertiary alicyclic amines) is 1. The average molecular weight is 735 g/mol. The Kier molecular flexibility index (Phi) is 13.6. The standard InChI is InChI=1S/C39H58N8O4S/c1-27-35(29-10-4-2-5-11-29)51-39(43-27)46-22-23-47(33(26-46)37(49)42-25-31-17-18-34(52-31)36(41)48)38(50)32(44-30-15-13-28(24-40)14-16-30)12-6-9-21-45-19-7-3-8-20-45/h2,4-5,10-11,17-18,27-28,30,32-33,35,44H,3,6-9,12-16,19-26,40H2,1H3,(H2,41,48)(H,42,49)/t27-,28?,30?,32+,33-,35?/m0/s1. The van der Waals surface area contributed by atoms with Crippen LogP contribution in [0.1, 0.15) is 97.3 Å². The van der Waals surface area contributed by atoms with E-state index in [1.165, 1.54) is 43.7 Å². The molecule has 2 aromatic rings. The molecule has 52 heavy (non-hydrogen) atoms. The molecule has 3 fully saturated rings. The van der Waals surface area contributed by atoms with E-state index < -0.39 is 11.9 Å². The number of rotatable bonds is 14. The zero-order valence-corrected chi connectivity index (χ0v) is 31.5. The van der Waals surface area contributed by atoms with Gasteiger partial charge in [-0.2, -0.15) is 0 Å². The molecule has 0 spiro atoms. The molecule has 0 radical (unpaired) electrons. The van der Waals surface area contributed by atoms with E-state index in [4.69, 9.17) is 21.2 Å². The SMILES string of the molecule is C[C@@H]1N=C(N2CCN(C(=O)[C@@H](CCCCN3CCCCC3)NC3CCC(CN)CC3)[C@H](C(=O)NCc3ccc(C(N)=O)s3)C2)OC1c1ccccc1. The van der Waals surface area contributed by atoms with Gasteiger partial charge in [-0.25, -0.2) is 4.99 Å². The first-order chi connectivity index (χ1) is 25.3. The maximum absolute atomic E-state index is 14.7. The molecule has 13 heteroatoms. The minimum Gasteiger partial charge on any atom is -0.455 e. The number of carbonyl (C=O) groups is 3. The fourth-order valence-electron chi connectivity index (χ4n) is 8.17. The zero-order chi connectivity index (χ0) is 36.5. The van der Waals surface area contributed by atoms with Crippen molar-refractivity contribution in [2.75, 3.05) is 45.8 Å². The normalized spacial score (nSPS) is 26.0. The molecule has 12 nitrogen and oxygen atoms in total. The Labute approximate surface area is 312 Å². The summed E-state index contributed by atoms with van der Waals surface area (Å²) < 4.78 is 6.43. The van der Waals surface area contributed by atoms with Crippen molar-refractivity contribution < 1.29 is 19.1 Å². The summed E-state index contributed by atoms with van der Waals surface area (Å²) in [5.74, 6) is -0.208. The van der Waals surface area contributed by atoms with E-state index >= 15 is 0 Å². The summed E-state index contributed by atoms with van der Waals surface area (Å²) >= 11 is 1.26. The number of nitrogens with two attached hydrogens (primary N) is 2. The maximum atomic E-state index is 14.7. The van der Waals surface area contributed by atoms with Gasteiger partial charge in [0.05, 0.1) is 30.1 Å². The molecule has 6 N–H and O–H groups in total. The van der Waals surface area contributed by atoms with Gasteiger partial charge in [0.25, 0.3) is 11.9 Å². The molecule has 0 bridgehead atoms. The molecule has 1 aliphatic carbocycles. The third-order valence-corrected chi connectivity index (χ3v) is 12.4. The van der Waals surface area contributed by atoms with Gasteiger partial charge >= 0.3 is 0 Å². The number of benzene rings is 1. The number of hydrogen-bond acceptors (Lipinski definition) is 10. The highest BCUT2D eigenvalue weighted by Crippen LogP contribution is 2.31. The molecule has 6 rings (SSSR count). The number of nitrogens with one attached hydrogen (secondary N) is 2. The topological polar surface area (TPSA) is 159 Å². The molecule has 284 valence electrons. The van der Waals surface area contributed by atoms with E-state index in [2.05, 4.69) is 15.5 Å². The number of amidine groups is 1. The van der Waals surface area contributed by atoms with Crippen LogP contribution in [0.5, 0.6) is 0 Å². The number of aliphatic imine (C=N–C) groups is 1. The van der Waals surface area contributed by atoms with Gasteiger partial charge in [0.2, 0.25) is 11.8 Å². The number of carbonyl (C=O) groups excluding carboxylic acids is 3. The number of ether oxygens (including phenoxy) is 1. The zero-order valence-electron chi connectivity index (χ0n) is 30.7. The number of nitrogens with zero attached hydrogens (tertiary/aromatic N) is 4. The second kappa shape index (κ2) is 18.5. The molecule has 1 aromatic heterocycles. The van der Waals surface area contributed by atoms with Crippen LogP contribution in [-0.2, 0) is 20.9 Å². The molecule has 2 saturated heterocycles. The van der Waals surface area contributed by atoms with Gasteiger partial charge in [0.1, 0.15) is 12.1 Å². The van der Waals surface area contributed by atoms with Crippen LogP contribution in [-0.4, -0.2) is 108 Å². The van der Waals surface area contributed by atoms with Crippen LogP contribution in [0, 0.1) is 5.92 Å². The smallest absolute Gasteiger partial charge is 0.288 e. The van der Waals surface area contributed by atoms with E-state index in [0.717, 1.165) is 61.9 Å². The van der Waals surface area contributed by atoms with Crippen molar-refractivity contribution in [2.24, 2.45) is 22.4 Å². The largest absolute Gasteiger partial charge is 0.455 e. The predicted molar refractivity (Wildman–Crippen MR) is 205 cm³/mol. The second-order valence-electron chi connectivity index (χ2n) is 15.0. The molecule has 1 unspecified atom stereocenters. The molecule has 1 aromatic carbocycles. The maximum Gasteiger partial charge on any atom is 0.288 e. The first kappa shape index (κ1) is 38.2. The average Bonchev–Trinajstić information content (AvgIpc) is 3.83. The number of piperidine rings is 1. The lowest BCUT2D eigenvalue weighted by Gasteiger charge is -2.42. The van der Waals surface area contributed by atoms with Crippen LogP contribution in [0.3, 0.4) is 0 Å². The Hall–Kier alpha value is -3.52. The van der Waals surface area contributed by atoms with Crippen LogP contribution in [0.2, 0.25) is 0 Å². The summed E-state index contributed by atoms with van der Waals surface area (Å²) in [4.78, 5) is 53.0. The Bertz CT molecular complexity index is 1510. The lowest BCUT2D eigenvalue weighted by atomic mass is 9.85. The Morgan fingerprint density at radius 3 is 2.46 bits per heavy atom. The van der Waals surface area contributed by atoms with Gasteiger partial charge in [-0.05, 0) is 108 Å². The van der Waals surface area contributed by atoms with E-state index in [-0.39, 0.29) is 49.1 Å². The summed E-state index contributed by atoms with van der Waals surface area (Å²) in [6.45, 7) is 7.55. The highest BCUT2D eigenvalue weighted by molar-refractivity contribution is 7.14. The molecular weight excluding hydrogens is 677 g/mol. The second-order valence-corrected chi connectivity index (χ2v) is 16.2. The van der Waals surface area contributed by atoms with E-state index in [1.54, 1.807) is 17.0 Å². The number of amides is 3. The fraction of sp³-hybridized carbons (Fsp3) is 0.641. The van der Waals surface area contributed by atoms with Crippen molar-refractivity contribution in [3.8, 4) is 0 Å². The van der Waals surface area contributed by atoms with Gasteiger partial charge in [0, 0.05) is 24.0 Å². The lowest BCUT2D eigenvalue weighted by molar-refractivity contribution is -0.145. The highest BCUT2D eigenvalue weighted by Gasteiger charge is 2.42. The van der Waals surface area contributed by atoms with Crippen molar-refractivity contribution >= 4 is 35.1 Å². The quantitative estimate of drug-likeness (QED) is 0.215. The highest BCUT2D eigenvalue weighted by atomic mass is 32.1. The Morgan fingerprint density at radius 1 is 0.981 bits per heavy atom. The first-order valence-corrected chi connectivity index (χ1v) is 20.3. The molecule has 4 atom stereocenters. The van der Waals surface area contributed by atoms with E-state index in [9.17, 15) is 14.4 Å². The van der Waals surface area contributed by atoms with Crippen molar-refractivity contribution in [1.82, 2.24) is 25.3 Å². The van der Waals surface area contributed by atoms with E-state index in [1.807, 2.05) is 42.2 Å². The molecule has 3 amide bonds. The van der Waals surface area contributed by atoms with Crippen molar-refractivity contribution in [1.29, 1.82) is 0 Å². The number of unbranched alkanes of at least 4 members (excludes halogenated alkanes) is 1. The molecule has 4 aliphatic rings. The third-order valence-electron chi connectivity index (χ3n) is 11.3. The minimum atomic E-state index is -0.750. The monoisotopic (exact) mass is 734 g/mol. The third kappa shape index (κ3) is 9.91. The van der Waals surface area contributed by atoms with Crippen molar-refractivity contribution in [2.45, 2.75) is 108 Å². The molecule has 1 saturated carbocycles. The first-order valence-electron chi connectivity index (χ1n) is 19.5. The van der Waals surface area contributed by atoms with E-state index in [0.29, 0.717) is 36.5 Å². The van der Waals surface area contributed by atoms with Gasteiger partial charge in [-0.1, -0.05) is 43.2 Å².